The van der Waals surface area contributed by atoms with Gasteiger partial charge >= 0.3 is 0 Å². The highest BCUT2D eigenvalue weighted by atomic mass is 79.9. The summed E-state index contributed by atoms with van der Waals surface area (Å²) < 4.78 is 12.5. The Morgan fingerprint density at radius 3 is 2.35 bits per heavy atom. The van der Waals surface area contributed by atoms with Gasteiger partial charge in [0.05, 0.1) is 8.95 Å². The number of nitrogens with zero attached hydrogens (tertiary/aromatic N) is 1. The van der Waals surface area contributed by atoms with Crippen molar-refractivity contribution in [3.63, 3.8) is 0 Å². The fraction of sp³-hybridized carbons (Fsp3) is 0.250. The van der Waals surface area contributed by atoms with Crippen LogP contribution in [-0.4, -0.2) is 5.16 Å². The second-order valence-corrected chi connectivity index (χ2v) is 5.48. The van der Waals surface area contributed by atoms with Crippen molar-refractivity contribution in [3.8, 4) is 5.75 Å². The molecule has 0 radical (unpaired) electrons. The van der Waals surface area contributed by atoms with Crippen LogP contribution in [0.3, 0.4) is 0 Å². The van der Waals surface area contributed by atoms with E-state index < -0.39 is 0 Å². The molecule has 0 bridgehead atoms. The van der Waals surface area contributed by atoms with Gasteiger partial charge in [0.15, 0.2) is 0 Å². The minimum absolute atomic E-state index is 0.387. The Kier molecular flexibility index (Phi) is 3.89. The summed E-state index contributed by atoms with van der Waals surface area (Å²) in [7, 11) is 0. The van der Waals surface area contributed by atoms with Crippen LogP contribution in [0.5, 0.6) is 5.75 Å². The van der Waals surface area contributed by atoms with Gasteiger partial charge in [0, 0.05) is 6.07 Å². The number of hydrogen-bond donors (Lipinski definition) is 0. The number of benzene rings is 1. The summed E-state index contributed by atoms with van der Waals surface area (Å²) in [4.78, 5) is 0. The Labute approximate surface area is 116 Å². The van der Waals surface area contributed by atoms with Crippen molar-refractivity contribution in [2.24, 2.45) is 0 Å². The number of rotatable bonds is 3. The molecule has 0 atom stereocenters. The molecule has 0 spiro atoms. The minimum atomic E-state index is 0.387. The molecule has 0 aliphatic rings. The number of halogens is 2. The van der Waals surface area contributed by atoms with Gasteiger partial charge in [-0.25, -0.2) is 0 Å². The van der Waals surface area contributed by atoms with Gasteiger partial charge < -0.3 is 9.26 Å². The highest BCUT2D eigenvalue weighted by Gasteiger charge is 2.09. The zero-order valence-electron chi connectivity index (χ0n) is 9.46. The summed E-state index contributed by atoms with van der Waals surface area (Å²) in [5.41, 5.74) is 1.94. The molecular formula is C12H11Br2NO2. The fourth-order valence-electron chi connectivity index (χ4n) is 1.46. The van der Waals surface area contributed by atoms with E-state index in [-0.39, 0.29) is 0 Å². The fourth-order valence-corrected chi connectivity index (χ4v) is 3.10. The van der Waals surface area contributed by atoms with Gasteiger partial charge in [-0.3, -0.25) is 0 Å². The Balaban J connectivity index is 2.14. The molecule has 0 saturated carbocycles. The van der Waals surface area contributed by atoms with E-state index in [0.29, 0.717) is 6.61 Å². The van der Waals surface area contributed by atoms with E-state index in [4.69, 9.17) is 9.26 Å². The normalized spacial score (nSPS) is 10.6. The molecular weight excluding hydrogens is 350 g/mol. The molecule has 0 unspecified atom stereocenters. The lowest BCUT2D eigenvalue weighted by molar-refractivity contribution is 0.284. The maximum absolute atomic E-state index is 5.71. The standard InChI is InChI=1S/C12H11Br2NO2/c1-7-3-10(13)12(11(14)4-7)16-6-9-5-8(2)17-15-9/h3-5H,6H2,1-2H3. The van der Waals surface area contributed by atoms with E-state index in [0.717, 1.165) is 31.7 Å². The molecule has 2 rings (SSSR count). The molecule has 0 fully saturated rings. The first-order valence-electron chi connectivity index (χ1n) is 5.07. The molecule has 90 valence electrons. The Morgan fingerprint density at radius 2 is 1.82 bits per heavy atom. The van der Waals surface area contributed by atoms with Crippen LogP contribution in [0.2, 0.25) is 0 Å². The van der Waals surface area contributed by atoms with E-state index in [9.17, 15) is 0 Å². The van der Waals surface area contributed by atoms with Gasteiger partial charge in [-0.05, 0) is 63.4 Å². The molecule has 1 aromatic heterocycles. The van der Waals surface area contributed by atoms with Crippen LogP contribution in [0, 0.1) is 13.8 Å². The summed E-state index contributed by atoms with van der Waals surface area (Å²) in [6, 6.07) is 5.87. The van der Waals surface area contributed by atoms with Crippen LogP contribution in [-0.2, 0) is 6.61 Å². The first-order valence-corrected chi connectivity index (χ1v) is 6.65. The Hall–Kier alpha value is -0.810. The first kappa shape index (κ1) is 12.6. The van der Waals surface area contributed by atoms with Crippen molar-refractivity contribution in [1.82, 2.24) is 5.16 Å². The third kappa shape index (κ3) is 3.10. The zero-order valence-corrected chi connectivity index (χ0v) is 12.6. The van der Waals surface area contributed by atoms with Gasteiger partial charge in [-0.2, -0.15) is 0 Å². The largest absolute Gasteiger partial charge is 0.485 e. The molecule has 0 saturated heterocycles. The summed E-state index contributed by atoms with van der Waals surface area (Å²) in [5, 5.41) is 3.88. The second kappa shape index (κ2) is 5.23. The van der Waals surface area contributed by atoms with E-state index in [1.54, 1.807) is 0 Å². The van der Waals surface area contributed by atoms with Gasteiger partial charge in [0.25, 0.3) is 0 Å². The SMILES string of the molecule is Cc1cc(Br)c(OCc2cc(C)on2)c(Br)c1. The zero-order chi connectivity index (χ0) is 12.4. The lowest BCUT2D eigenvalue weighted by Gasteiger charge is -2.09. The van der Waals surface area contributed by atoms with Crippen molar-refractivity contribution < 1.29 is 9.26 Å². The molecule has 0 aliphatic carbocycles. The predicted octanol–water partition coefficient (Wildman–Crippen LogP) is 4.40. The average Bonchev–Trinajstić information content (AvgIpc) is 2.62. The number of hydrogen-bond acceptors (Lipinski definition) is 3. The monoisotopic (exact) mass is 359 g/mol. The van der Waals surface area contributed by atoms with Crippen LogP contribution in [0.1, 0.15) is 17.0 Å². The van der Waals surface area contributed by atoms with E-state index in [2.05, 4.69) is 37.0 Å². The highest BCUT2D eigenvalue weighted by molar-refractivity contribution is 9.11. The number of aromatic nitrogens is 1. The Morgan fingerprint density at radius 1 is 1.18 bits per heavy atom. The smallest absolute Gasteiger partial charge is 0.148 e. The summed E-state index contributed by atoms with van der Waals surface area (Å²) in [6.07, 6.45) is 0. The maximum atomic E-state index is 5.71. The maximum Gasteiger partial charge on any atom is 0.148 e. The first-order chi connectivity index (χ1) is 8.06. The van der Waals surface area contributed by atoms with E-state index in [1.807, 2.05) is 32.0 Å². The summed E-state index contributed by atoms with van der Waals surface area (Å²) in [6.45, 7) is 4.27. The lowest BCUT2D eigenvalue weighted by Crippen LogP contribution is -1.97. The quantitative estimate of drug-likeness (QED) is 0.813. The Bertz CT molecular complexity index is 514. The third-order valence-electron chi connectivity index (χ3n) is 2.18. The van der Waals surface area contributed by atoms with Crippen LogP contribution in [0.4, 0.5) is 0 Å². The highest BCUT2D eigenvalue weighted by Crippen LogP contribution is 2.35. The van der Waals surface area contributed by atoms with E-state index >= 15 is 0 Å². The van der Waals surface area contributed by atoms with Gasteiger partial charge in [0.2, 0.25) is 0 Å². The average molecular weight is 361 g/mol. The van der Waals surface area contributed by atoms with Crippen LogP contribution < -0.4 is 4.74 Å². The minimum Gasteiger partial charge on any atom is -0.485 e. The summed E-state index contributed by atoms with van der Waals surface area (Å²) >= 11 is 6.96. The number of ether oxygens (including phenoxy) is 1. The molecule has 0 aliphatic heterocycles. The third-order valence-corrected chi connectivity index (χ3v) is 3.36. The van der Waals surface area contributed by atoms with Crippen molar-refractivity contribution in [2.75, 3.05) is 0 Å². The molecule has 0 amide bonds. The predicted molar refractivity (Wildman–Crippen MR) is 72.2 cm³/mol. The molecule has 3 nitrogen and oxygen atoms in total. The van der Waals surface area contributed by atoms with Gasteiger partial charge in [0.1, 0.15) is 23.8 Å². The second-order valence-electron chi connectivity index (χ2n) is 3.78. The van der Waals surface area contributed by atoms with Crippen molar-refractivity contribution in [3.05, 3.63) is 44.2 Å². The topological polar surface area (TPSA) is 35.3 Å². The molecule has 1 aromatic carbocycles. The lowest BCUT2D eigenvalue weighted by atomic mass is 10.2. The van der Waals surface area contributed by atoms with Crippen LogP contribution in [0.15, 0.2) is 31.7 Å². The molecule has 0 N–H and O–H groups in total. The van der Waals surface area contributed by atoms with Gasteiger partial charge in [-0.15, -0.1) is 0 Å². The molecule has 1 heterocycles. The van der Waals surface area contributed by atoms with Gasteiger partial charge in [-0.1, -0.05) is 5.16 Å². The van der Waals surface area contributed by atoms with Crippen molar-refractivity contribution in [2.45, 2.75) is 20.5 Å². The number of aryl methyl sites for hydroxylation is 2. The molecule has 5 heteroatoms. The molecule has 17 heavy (non-hydrogen) atoms. The molecule has 2 aromatic rings. The van der Waals surface area contributed by atoms with Crippen molar-refractivity contribution in [1.29, 1.82) is 0 Å². The van der Waals surface area contributed by atoms with Crippen LogP contribution >= 0.6 is 31.9 Å². The van der Waals surface area contributed by atoms with Crippen LogP contribution in [0.25, 0.3) is 0 Å². The summed E-state index contributed by atoms with van der Waals surface area (Å²) in [5.74, 6) is 1.56. The van der Waals surface area contributed by atoms with Crippen molar-refractivity contribution >= 4 is 31.9 Å². The van der Waals surface area contributed by atoms with E-state index in [1.165, 1.54) is 0 Å².